The highest BCUT2D eigenvalue weighted by molar-refractivity contribution is 6.04. The number of carbonyl (C=O) groups is 2. The molecule has 2 saturated heterocycles. The average Bonchev–Trinajstić information content (AvgIpc) is 3.83. The highest BCUT2D eigenvalue weighted by Crippen LogP contribution is 2.37. The van der Waals surface area contributed by atoms with Gasteiger partial charge in [0.25, 0.3) is 0 Å². The summed E-state index contributed by atoms with van der Waals surface area (Å²) in [4.78, 5) is 34.6. The minimum Gasteiger partial charge on any atom is -0.463 e. The SMILES string of the molecule is CCCN1CCC[C@@](C)(OC)[C@H](O[C@@H]2O[C@H](C)C[C@H](N(C)C)[C@H]2O)[C@@H](C)C(=O)C(C)(C)C(=O)OC[C@@H]1CCCN(C)C1CC1. The topological polar surface area (TPSA) is 101 Å². The third-order valence-electron chi connectivity index (χ3n) is 10.4. The van der Waals surface area contributed by atoms with Crippen molar-refractivity contribution in [2.75, 3.05) is 54.5 Å². The Morgan fingerprint density at radius 2 is 1.80 bits per heavy atom. The molecule has 0 amide bonds. The second-order valence-corrected chi connectivity index (χ2v) is 14.7. The molecule has 2 heterocycles. The van der Waals surface area contributed by atoms with Gasteiger partial charge in [-0.1, -0.05) is 13.8 Å². The molecule has 0 radical (unpaired) electrons. The molecule has 3 aliphatic rings. The number of rotatable bonds is 11. The van der Waals surface area contributed by atoms with Crippen LogP contribution in [0.4, 0.5) is 0 Å². The van der Waals surface area contributed by atoms with Crippen LogP contribution in [0.25, 0.3) is 0 Å². The van der Waals surface area contributed by atoms with Crippen LogP contribution in [-0.2, 0) is 28.5 Å². The fraction of sp³-hybridized carbons (Fsp3) is 0.941. The molecule has 0 aromatic carbocycles. The first-order valence-electron chi connectivity index (χ1n) is 17.0. The maximum atomic E-state index is 14.2. The van der Waals surface area contributed by atoms with E-state index in [0.717, 1.165) is 45.3 Å². The Morgan fingerprint density at radius 3 is 2.39 bits per heavy atom. The van der Waals surface area contributed by atoms with Gasteiger partial charge in [-0.15, -0.1) is 0 Å². The zero-order valence-electron chi connectivity index (χ0n) is 29.3. The van der Waals surface area contributed by atoms with Crippen molar-refractivity contribution in [2.45, 2.75) is 141 Å². The Morgan fingerprint density at radius 1 is 1.11 bits per heavy atom. The van der Waals surface area contributed by atoms with E-state index < -0.39 is 41.4 Å². The molecule has 1 saturated carbocycles. The van der Waals surface area contributed by atoms with Gasteiger partial charge in [0.05, 0.1) is 17.8 Å². The van der Waals surface area contributed by atoms with Crippen LogP contribution in [0, 0.1) is 11.3 Å². The maximum Gasteiger partial charge on any atom is 0.319 e. The summed E-state index contributed by atoms with van der Waals surface area (Å²) in [5.41, 5.74) is -2.26. The lowest BCUT2D eigenvalue weighted by atomic mass is 9.75. The minimum absolute atomic E-state index is 0.0756. The van der Waals surface area contributed by atoms with E-state index in [0.29, 0.717) is 18.9 Å². The third-order valence-corrected chi connectivity index (χ3v) is 10.4. The molecule has 8 atom stereocenters. The van der Waals surface area contributed by atoms with Crippen LogP contribution >= 0.6 is 0 Å². The fourth-order valence-corrected chi connectivity index (χ4v) is 7.15. The van der Waals surface area contributed by atoms with Gasteiger partial charge < -0.3 is 33.9 Å². The van der Waals surface area contributed by atoms with Gasteiger partial charge in [0, 0.05) is 31.2 Å². The summed E-state index contributed by atoms with van der Waals surface area (Å²) < 4.78 is 24.9. The fourth-order valence-electron chi connectivity index (χ4n) is 7.15. The van der Waals surface area contributed by atoms with E-state index in [4.69, 9.17) is 18.9 Å². The normalized spacial score (nSPS) is 36.5. The van der Waals surface area contributed by atoms with Gasteiger partial charge in [0.2, 0.25) is 0 Å². The van der Waals surface area contributed by atoms with Crippen LogP contribution in [0.1, 0.15) is 92.9 Å². The number of nitrogens with zero attached hydrogens (tertiary/aromatic N) is 3. The number of aliphatic hydroxyl groups excluding tert-OH is 1. The third kappa shape index (κ3) is 9.23. The molecule has 1 N–H and O–H groups in total. The number of methoxy groups -OCH3 is 1. The smallest absolute Gasteiger partial charge is 0.319 e. The molecule has 0 spiro atoms. The lowest BCUT2D eigenvalue weighted by molar-refractivity contribution is -0.295. The van der Waals surface area contributed by atoms with E-state index in [1.54, 1.807) is 27.9 Å². The van der Waals surface area contributed by atoms with Gasteiger partial charge in [-0.05, 0) is 120 Å². The molecular weight excluding hydrogens is 562 g/mol. The first-order chi connectivity index (χ1) is 20.7. The number of aliphatic hydroxyl groups is 1. The number of esters is 1. The Hall–Kier alpha value is -1.14. The van der Waals surface area contributed by atoms with Gasteiger partial charge in [-0.3, -0.25) is 14.5 Å². The van der Waals surface area contributed by atoms with Crippen molar-refractivity contribution in [1.82, 2.24) is 14.7 Å². The molecule has 10 heteroatoms. The number of likely N-dealkylation sites (N-methyl/N-ethyl adjacent to an activating group) is 1. The van der Waals surface area contributed by atoms with Crippen LogP contribution in [0.2, 0.25) is 0 Å². The molecule has 1 aliphatic carbocycles. The molecule has 0 aromatic heterocycles. The molecule has 0 unspecified atom stereocenters. The summed E-state index contributed by atoms with van der Waals surface area (Å²) in [5, 5.41) is 11.3. The average molecular weight is 626 g/mol. The van der Waals surface area contributed by atoms with Crippen molar-refractivity contribution >= 4 is 11.8 Å². The predicted molar refractivity (Wildman–Crippen MR) is 171 cm³/mol. The minimum atomic E-state index is -1.39. The lowest BCUT2D eigenvalue weighted by Gasteiger charge is -2.46. The number of ketones is 1. The number of carbonyl (C=O) groups excluding carboxylic acids is 2. The van der Waals surface area contributed by atoms with E-state index >= 15 is 0 Å². The first-order valence-corrected chi connectivity index (χ1v) is 17.0. The number of cyclic esters (lactones) is 1. The molecular formula is C34H63N3O7. The molecule has 0 bridgehead atoms. The van der Waals surface area contributed by atoms with Gasteiger partial charge in [-0.2, -0.15) is 0 Å². The molecule has 256 valence electrons. The number of hydrogen-bond donors (Lipinski definition) is 1. The monoisotopic (exact) mass is 625 g/mol. The van der Waals surface area contributed by atoms with E-state index in [-0.39, 0.29) is 30.6 Å². The molecule has 3 fully saturated rings. The summed E-state index contributed by atoms with van der Waals surface area (Å²) in [6.45, 7) is 14.2. The van der Waals surface area contributed by atoms with Crippen LogP contribution in [-0.4, -0.2) is 134 Å². The molecule has 2 aliphatic heterocycles. The molecule has 3 rings (SSSR count). The highest BCUT2D eigenvalue weighted by Gasteiger charge is 2.51. The quantitative estimate of drug-likeness (QED) is 0.270. The Balaban J connectivity index is 1.90. The van der Waals surface area contributed by atoms with Crippen molar-refractivity contribution < 1.29 is 33.6 Å². The Bertz CT molecular complexity index is 929. The highest BCUT2D eigenvalue weighted by atomic mass is 16.7. The second-order valence-electron chi connectivity index (χ2n) is 14.7. The largest absolute Gasteiger partial charge is 0.463 e. The first kappa shape index (κ1) is 37.3. The Labute approximate surface area is 267 Å². The molecule has 44 heavy (non-hydrogen) atoms. The van der Waals surface area contributed by atoms with Crippen LogP contribution in [0.15, 0.2) is 0 Å². The van der Waals surface area contributed by atoms with Crippen LogP contribution < -0.4 is 0 Å². The van der Waals surface area contributed by atoms with Gasteiger partial charge in [0.1, 0.15) is 18.1 Å². The summed E-state index contributed by atoms with van der Waals surface area (Å²) in [7, 11) is 7.71. The van der Waals surface area contributed by atoms with Gasteiger partial charge in [-0.25, -0.2) is 0 Å². The molecule has 0 aromatic rings. The maximum absolute atomic E-state index is 14.2. The van der Waals surface area contributed by atoms with E-state index in [1.807, 2.05) is 32.8 Å². The van der Waals surface area contributed by atoms with Crippen LogP contribution in [0.3, 0.4) is 0 Å². The van der Waals surface area contributed by atoms with Crippen molar-refractivity contribution in [3.05, 3.63) is 0 Å². The zero-order valence-corrected chi connectivity index (χ0v) is 29.3. The zero-order chi connectivity index (χ0) is 32.8. The standard InChI is InChI=1S/C34H63N3O7/c1-11-18-37-20-13-17-34(6,41-10)30(44-31-28(38)27(35(7)8)21-23(2)43-31)24(3)29(39)33(4,5)32(40)42-22-26(37)14-12-19-36(9)25-15-16-25/h23-28,30-31,38H,11-22H2,1-10H3/t23-,24+,26+,27+,28-,30-,31+,34-/m1/s1. The Kier molecular flexibility index (Phi) is 13.7. The van der Waals surface area contributed by atoms with E-state index in [1.165, 1.54) is 12.8 Å². The number of ether oxygens (including phenoxy) is 4. The van der Waals surface area contributed by atoms with Crippen molar-refractivity contribution in [3.8, 4) is 0 Å². The van der Waals surface area contributed by atoms with Gasteiger partial charge in [0.15, 0.2) is 12.1 Å². The van der Waals surface area contributed by atoms with Crippen molar-refractivity contribution in [1.29, 1.82) is 0 Å². The van der Waals surface area contributed by atoms with Crippen LogP contribution in [0.5, 0.6) is 0 Å². The van der Waals surface area contributed by atoms with Crippen molar-refractivity contribution in [2.24, 2.45) is 11.3 Å². The summed E-state index contributed by atoms with van der Waals surface area (Å²) in [6.07, 6.45) is 4.85. The van der Waals surface area contributed by atoms with Crippen molar-refractivity contribution in [3.63, 3.8) is 0 Å². The van der Waals surface area contributed by atoms with E-state index in [9.17, 15) is 14.7 Å². The summed E-state index contributed by atoms with van der Waals surface area (Å²) >= 11 is 0. The van der Waals surface area contributed by atoms with Gasteiger partial charge >= 0.3 is 5.97 Å². The molecule has 10 nitrogen and oxygen atoms in total. The number of Topliss-reactive ketones (excluding diaryl/α,β-unsaturated/α-hetero) is 1. The lowest BCUT2D eigenvalue weighted by Crippen LogP contribution is -2.59. The second kappa shape index (κ2) is 16.1. The summed E-state index contributed by atoms with van der Waals surface area (Å²) in [5.74, 6) is -1.52. The summed E-state index contributed by atoms with van der Waals surface area (Å²) in [6, 6.07) is 0.632. The predicted octanol–water partition coefficient (Wildman–Crippen LogP) is 3.73. The van der Waals surface area contributed by atoms with E-state index in [2.05, 4.69) is 23.8 Å². The number of hydrogen-bond acceptors (Lipinski definition) is 10.